The third-order valence-corrected chi connectivity index (χ3v) is 9.34. The van der Waals surface area contributed by atoms with Crippen LogP contribution in [0.25, 0.3) is 0 Å². The number of hydrogen-bond donors (Lipinski definition) is 1. The predicted molar refractivity (Wildman–Crippen MR) is 124 cm³/mol. The summed E-state index contributed by atoms with van der Waals surface area (Å²) in [7, 11) is 0. The second kappa shape index (κ2) is 7.64. The van der Waals surface area contributed by atoms with E-state index >= 15 is 0 Å². The zero-order valence-electron chi connectivity index (χ0n) is 19.9. The quantitative estimate of drug-likeness (QED) is 0.519. The first kappa shape index (κ1) is 22.5. The van der Waals surface area contributed by atoms with Gasteiger partial charge in [0.15, 0.2) is 5.78 Å². The number of rotatable bonds is 1. The van der Waals surface area contributed by atoms with Crippen LogP contribution in [0.15, 0.2) is 34.9 Å². The third kappa shape index (κ3) is 3.12. The van der Waals surface area contributed by atoms with Crippen molar-refractivity contribution in [3.8, 4) is 11.8 Å². The van der Waals surface area contributed by atoms with Crippen molar-refractivity contribution < 1.29 is 18.7 Å². The Balaban J connectivity index is 1.74. The van der Waals surface area contributed by atoms with Gasteiger partial charge in [0.1, 0.15) is 17.2 Å². The molecule has 2 nitrogen and oxygen atoms in total. The number of fused-ring (bicyclic) bond motifs is 4. The second-order valence-corrected chi connectivity index (χ2v) is 10.9. The molecule has 0 amide bonds. The average Bonchev–Trinajstić information content (AvgIpc) is 2.97. The first-order valence-electron chi connectivity index (χ1n) is 12.2. The number of benzene rings is 1. The molecular formula is C29H32F2O2. The lowest BCUT2D eigenvalue weighted by Crippen LogP contribution is -2.52. The highest BCUT2D eigenvalue weighted by Gasteiger charge is 2.65. The molecule has 0 spiro atoms. The van der Waals surface area contributed by atoms with Crippen LogP contribution in [0.4, 0.5) is 8.78 Å². The number of hydrogen-bond acceptors (Lipinski definition) is 2. The number of carbonyl (C=O) groups is 1. The smallest absolute Gasteiger partial charge is 0.156 e. The van der Waals surface area contributed by atoms with Crippen LogP contribution in [0.2, 0.25) is 0 Å². The van der Waals surface area contributed by atoms with Crippen LogP contribution >= 0.6 is 0 Å². The maximum atomic E-state index is 14.7. The zero-order chi connectivity index (χ0) is 23.7. The molecule has 4 aliphatic carbocycles. The van der Waals surface area contributed by atoms with Gasteiger partial charge < -0.3 is 5.11 Å². The Bertz CT molecular complexity index is 1140. The summed E-state index contributed by atoms with van der Waals surface area (Å²) in [6.45, 7) is 7.43. The SMILES string of the molecule is CC#C[C@]1(O)[C@H](C)C[C@H]2[C@@H]3CCC4=CC(=O)CCC4=C3[C@@H](c3cc(F)c(C)c(F)c3)C[C@@]21C. The second-order valence-electron chi connectivity index (χ2n) is 10.9. The van der Waals surface area contributed by atoms with Crippen LogP contribution < -0.4 is 0 Å². The molecule has 174 valence electrons. The highest BCUT2D eigenvalue weighted by atomic mass is 19.1. The van der Waals surface area contributed by atoms with Gasteiger partial charge in [0.25, 0.3) is 0 Å². The van der Waals surface area contributed by atoms with Crippen molar-refractivity contribution in [1.82, 2.24) is 0 Å². The molecule has 1 aromatic rings. The molecule has 2 saturated carbocycles. The van der Waals surface area contributed by atoms with Crippen LogP contribution in [0.3, 0.4) is 0 Å². The molecule has 1 aromatic carbocycles. The average molecular weight is 451 g/mol. The number of ketones is 1. The van der Waals surface area contributed by atoms with Crippen molar-refractivity contribution in [3.63, 3.8) is 0 Å². The molecule has 0 unspecified atom stereocenters. The molecule has 0 radical (unpaired) electrons. The number of carbonyl (C=O) groups excluding carboxylic acids is 1. The Morgan fingerprint density at radius 1 is 1.15 bits per heavy atom. The number of allylic oxidation sites excluding steroid dienone is 4. The summed E-state index contributed by atoms with van der Waals surface area (Å²) in [4.78, 5) is 12.1. The molecule has 4 aliphatic rings. The topological polar surface area (TPSA) is 37.3 Å². The Labute approximate surface area is 195 Å². The molecule has 0 bridgehead atoms. The monoisotopic (exact) mass is 450 g/mol. The van der Waals surface area contributed by atoms with E-state index in [1.165, 1.54) is 30.2 Å². The molecule has 2 fully saturated rings. The van der Waals surface area contributed by atoms with Crippen LogP contribution in [0, 0.1) is 53.6 Å². The van der Waals surface area contributed by atoms with Gasteiger partial charge in [-0.15, -0.1) is 5.92 Å². The maximum absolute atomic E-state index is 14.7. The van der Waals surface area contributed by atoms with E-state index in [4.69, 9.17) is 0 Å². The number of halogens is 2. The summed E-state index contributed by atoms with van der Waals surface area (Å²) in [5.74, 6) is 5.49. The lowest BCUT2D eigenvalue weighted by atomic mass is 9.51. The summed E-state index contributed by atoms with van der Waals surface area (Å²) < 4.78 is 29.4. The fraction of sp³-hybridized carbons (Fsp3) is 0.552. The molecule has 0 aromatic heterocycles. The van der Waals surface area contributed by atoms with E-state index in [1.807, 2.05) is 0 Å². The van der Waals surface area contributed by atoms with E-state index in [1.54, 1.807) is 13.0 Å². The molecule has 0 saturated heterocycles. The van der Waals surface area contributed by atoms with E-state index < -0.39 is 22.7 Å². The Kier molecular flexibility index (Phi) is 5.21. The lowest BCUT2D eigenvalue weighted by Gasteiger charge is -2.54. The molecular weight excluding hydrogens is 418 g/mol. The standard InChI is InChI=1S/C29H32F2O2/c1-5-10-29(33)16(2)11-24-22-8-6-18-12-20(32)7-9-21(18)27(22)23(15-28(24,29)4)19-13-25(30)17(3)26(31)14-19/h12-14,16,22-24,33H,6-9,11,15H2,1-4H3/t16-,22+,23-,24+,28+,29+/m1/s1. The minimum Gasteiger partial charge on any atom is -0.377 e. The van der Waals surface area contributed by atoms with Gasteiger partial charge in [-0.25, -0.2) is 8.78 Å². The third-order valence-electron chi connectivity index (χ3n) is 9.34. The van der Waals surface area contributed by atoms with Gasteiger partial charge in [0, 0.05) is 23.3 Å². The molecule has 33 heavy (non-hydrogen) atoms. The highest BCUT2D eigenvalue weighted by Crippen LogP contribution is 2.68. The van der Waals surface area contributed by atoms with Crippen LogP contribution in [0.1, 0.15) is 76.3 Å². The van der Waals surface area contributed by atoms with Crippen molar-refractivity contribution >= 4 is 5.78 Å². The lowest BCUT2D eigenvalue weighted by molar-refractivity contribution is -0.114. The summed E-state index contributed by atoms with van der Waals surface area (Å²) in [5, 5.41) is 11.9. The van der Waals surface area contributed by atoms with Crippen molar-refractivity contribution in [1.29, 1.82) is 0 Å². The highest BCUT2D eigenvalue weighted by molar-refractivity contribution is 5.93. The fourth-order valence-corrected chi connectivity index (χ4v) is 7.62. The molecule has 4 heteroatoms. The summed E-state index contributed by atoms with van der Waals surface area (Å²) in [6.07, 6.45) is 6.19. The first-order chi connectivity index (χ1) is 15.6. The van der Waals surface area contributed by atoms with Gasteiger partial charge in [-0.2, -0.15) is 0 Å². The molecule has 5 rings (SSSR count). The normalized spacial score (nSPS) is 37.5. The molecule has 1 N–H and O–H groups in total. The first-order valence-corrected chi connectivity index (χ1v) is 12.2. The van der Waals surface area contributed by atoms with Crippen molar-refractivity contribution in [2.45, 2.75) is 77.7 Å². The fourth-order valence-electron chi connectivity index (χ4n) is 7.62. The van der Waals surface area contributed by atoms with Gasteiger partial charge in [-0.05, 0) is 98.6 Å². The van der Waals surface area contributed by atoms with Gasteiger partial charge >= 0.3 is 0 Å². The molecule has 0 heterocycles. The maximum Gasteiger partial charge on any atom is 0.156 e. The van der Waals surface area contributed by atoms with E-state index in [2.05, 4.69) is 25.7 Å². The van der Waals surface area contributed by atoms with Gasteiger partial charge in [0.05, 0.1) is 0 Å². The van der Waals surface area contributed by atoms with Crippen molar-refractivity contribution in [2.24, 2.45) is 23.2 Å². The van der Waals surface area contributed by atoms with Crippen molar-refractivity contribution in [3.05, 3.63) is 57.7 Å². The van der Waals surface area contributed by atoms with Gasteiger partial charge in [-0.1, -0.05) is 25.3 Å². The Morgan fingerprint density at radius 3 is 2.52 bits per heavy atom. The van der Waals surface area contributed by atoms with Crippen LogP contribution in [-0.2, 0) is 4.79 Å². The van der Waals surface area contributed by atoms with Crippen molar-refractivity contribution in [2.75, 3.05) is 0 Å². The van der Waals surface area contributed by atoms with E-state index in [0.717, 1.165) is 24.8 Å². The van der Waals surface area contributed by atoms with Gasteiger partial charge in [-0.3, -0.25) is 4.79 Å². The Hall–Kier alpha value is -2.25. The van der Waals surface area contributed by atoms with Crippen LogP contribution in [0.5, 0.6) is 0 Å². The summed E-state index contributed by atoms with van der Waals surface area (Å²) in [5.41, 5.74) is 2.62. The zero-order valence-corrected chi connectivity index (χ0v) is 19.9. The van der Waals surface area contributed by atoms with E-state index in [9.17, 15) is 18.7 Å². The Morgan fingerprint density at radius 2 is 1.85 bits per heavy atom. The van der Waals surface area contributed by atoms with Crippen LogP contribution in [-0.4, -0.2) is 16.5 Å². The van der Waals surface area contributed by atoms with Gasteiger partial charge in [0.2, 0.25) is 0 Å². The van der Waals surface area contributed by atoms with E-state index in [-0.39, 0.29) is 35.0 Å². The molecule has 6 atom stereocenters. The predicted octanol–water partition coefficient (Wildman–Crippen LogP) is 6.17. The molecule has 0 aliphatic heterocycles. The minimum absolute atomic E-state index is 0.0151. The minimum atomic E-state index is -1.14. The largest absolute Gasteiger partial charge is 0.377 e. The summed E-state index contributed by atoms with van der Waals surface area (Å²) in [6, 6.07) is 2.96. The summed E-state index contributed by atoms with van der Waals surface area (Å²) >= 11 is 0. The van der Waals surface area contributed by atoms with E-state index in [0.29, 0.717) is 24.8 Å². The number of aliphatic hydroxyl groups is 1.